The maximum Gasteiger partial charge on any atom is 0.277 e. The van der Waals surface area contributed by atoms with Crippen LogP contribution in [-0.2, 0) is 12.3 Å². The minimum absolute atomic E-state index is 0.0284. The van der Waals surface area contributed by atoms with E-state index in [-0.39, 0.29) is 17.1 Å². The third-order valence-electron chi connectivity index (χ3n) is 5.14. The third-order valence-corrected chi connectivity index (χ3v) is 6.03. The first kappa shape index (κ1) is 21.5. The zero-order valence-electron chi connectivity index (χ0n) is 17.7. The van der Waals surface area contributed by atoms with Gasteiger partial charge in [0.05, 0.1) is 16.9 Å². The molecule has 2 heterocycles. The zero-order valence-corrected chi connectivity index (χ0v) is 18.5. The highest BCUT2D eigenvalue weighted by Crippen LogP contribution is 2.28. The monoisotopic (exact) mass is 471 g/mol. The van der Waals surface area contributed by atoms with E-state index < -0.39 is 4.92 Å². The molecule has 0 radical (unpaired) electrons. The Morgan fingerprint density at radius 1 is 0.912 bits per heavy atom. The summed E-state index contributed by atoms with van der Waals surface area (Å²) in [6.45, 7) is 0.306. The minimum atomic E-state index is -0.430. The molecule has 5 rings (SSSR count). The van der Waals surface area contributed by atoms with Crippen molar-refractivity contribution in [1.82, 2.24) is 20.0 Å². The molecule has 0 spiro atoms. The van der Waals surface area contributed by atoms with Gasteiger partial charge in [0.15, 0.2) is 5.69 Å². The van der Waals surface area contributed by atoms with Gasteiger partial charge >= 0.3 is 0 Å². The van der Waals surface area contributed by atoms with Crippen LogP contribution in [0.1, 0.15) is 11.1 Å². The lowest BCUT2D eigenvalue weighted by molar-refractivity contribution is -0.384. The molecule has 0 amide bonds. The summed E-state index contributed by atoms with van der Waals surface area (Å²) in [5, 5.41) is 25.2. The molecule has 0 fully saturated rings. The molecule has 10 heteroatoms. The van der Waals surface area contributed by atoms with Crippen LogP contribution in [0.5, 0.6) is 0 Å². The number of nitro benzene ring substituents is 1. The van der Waals surface area contributed by atoms with Gasteiger partial charge in [-0.2, -0.15) is 5.10 Å². The Bertz CT molecular complexity index is 1550. The number of aromatic nitrogens is 4. The van der Waals surface area contributed by atoms with E-state index >= 15 is 0 Å². The van der Waals surface area contributed by atoms with Gasteiger partial charge in [-0.15, -0.1) is 10.2 Å². The van der Waals surface area contributed by atoms with Gasteiger partial charge in [-0.25, -0.2) is 4.68 Å². The van der Waals surface area contributed by atoms with Gasteiger partial charge in [0.2, 0.25) is 0 Å². The van der Waals surface area contributed by atoms with Crippen LogP contribution in [0.25, 0.3) is 22.4 Å². The van der Waals surface area contributed by atoms with Gasteiger partial charge in [-0.1, -0.05) is 72.4 Å². The number of hydrogen-bond donors (Lipinski definition) is 0. The third kappa shape index (κ3) is 4.44. The first-order valence-corrected chi connectivity index (χ1v) is 11.3. The lowest BCUT2D eigenvalue weighted by Gasteiger charge is -2.09. The Morgan fingerprint density at radius 2 is 1.65 bits per heavy atom. The molecule has 0 aliphatic heterocycles. The quantitative estimate of drug-likeness (QED) is 0.191. The summed E-state index contributed by atoms with van der Waals surface area (Å²) in [5.74, 6) is 0.616. The van der Waals surface area contributed by atoms with Gasteiger partial charge in [0.1, 0.15) is 0 Å². The number of thioether (sulfide) groups is 1. The van der Waals surface area contributed by atoms with Crippen LogP contribution in [0.4, 0.5) is 5.69 Å². The van der Waals surface area contributed by atoms with Crippen molar-refractivity contribution in [2.24, 2.45) is 0 Å². The van der Waals surface area contributed by atoms with Gasteiger partial charge in [0, 0.05) is 23.3 Å². The first-order chi connectivity index (χ1) is 16.6. The van der Waals surface area contributed by atoms with Gasteiger partial charge in [-0.3, -0.25) is 14.9 Å². The smallest absolute Gasteiger partial charge is 0.277 e. The minimum Gasteiger partial charge on any atom is -0.409 e. The second kappa shape index (κ2) is 9.28. The van der Waals surface area contributed by atoms with Crippen LogP contribution in [0.15, 0.2) is 93.3 Å². The summed E-state index contributed by atoms with van der Waals surface area (Å²) < 4.78 is 7.25. The van der Waals surface area contributed by atoms with Gasteiger partial charge in [0.25, 0.3) is 22.4 Å². The maximum atomic E-state index is 13.0. The Balaban J connectivity index is 1.46. The van der Waals surface area contributed by atoms with E-state index in [4.69, 9.17) is 4.42 Å². The summed E-state index contributed by atoms with van der Waals surface area (Å²) in [6, 6.07) is 23.1. The van der Waals surface area contributed by atoms with Crippen LogP contribution in [0, 0.1) is 10.1 Å². The van der Waals surface area contributed by atoms with Crippen LogP contribution in [0.2, 0.25) is 0 Å². The van der Waals surface area contributed by atoms with Crippen molar-refractivity contribution in [3.8, 4) is 11.6 Å². The lowest BCUT2D eigenvalue weighted by Crippen LogP contribution is -2.24. The highest BCUT2D eigenvalue weighted by atomic mass is 32.2. The average Bonchev–Trinajstić information content (AvgIpc) is 3.34. The fraction of sp³-hybridized carbons (Fsp3) is 0.0833. The van der Waals surface area contributed by atoms with Crippen LogP contribution in [0.3, 0.4) is 0 Å². The van der Waals surface area contributed by atoms with E-state index in [1.807, 2.05) is 36.4 Å². The SMILES string of the molecule is O=c1c2ccccc2c(-c2nnc(SCc3cccc([N+](=O)[O-])c3)o2)nn1Cc1ccccc1. The molecule has 9 nitrogen and oxygen atoms in total. The van der Waals surface area contributed by atoms with Crippen molar-refractivity contribution in [3.05, 3.63) is 110 Å². The molecule has 0 aliphatic rings. The first-order valence-electron chi connectivity index (χ1n) is 10.3. The van der Waals surface area contributed by atoms with E-state index in [0.717, 1.165) is 11.1 Å². The number of rotatable bonds is 7. The van der Waals surface area contributed by atoms with E-state index in [1.165, 1.54) is 28.6 Å². The zero-order chi connectivity index (χ0) is 23.5. The van der Waals surface area contributed by atoms with Crippen molar-refractivity contribution in [3.63, 3.8) is 0 Å². The standard InChI is InChI=1S/C24H17N5O4S/c30-23-20-12-5-4-11-19(20)21(27-28(23)14-16-7-2-1-3-8-16)22-25-26-24(33-22)34-15-17-9-6-10-18(13-17)29(31)32/h1-13H,14-15H2. The Morgan fingerprint density at radius 3 is 2.44 bits per heavy atom. The molecule has 0 atom stereocenters. The number of hydrogen-bond acceptors (Lipinski definition) is 8. The highest BCUT2D eigenvalue weighted by molar-refractivity contribution is 7.98. The summed E-state index contributed by atoms with van der Waals surface area (Å²) in [7, 11) is 0. The molecule has 0 aliphatic carbocycles. The van der Waals surface area contributed by atoms with E-state index in [9.17, 15) is 14.9 Å². The van der Waals surface area contributed by atoms with E-state index in [2.05, 4.69) is 15.3 Å². The number of nitrogens with zero attached hydrogens (tertiary/aromatic N) is 5. The summed E-state index contributed by atoms with van der Waals surface area (Å²) >= 11 is 1.27. The molecule has 168 valence electrons. The predicted molar refractivity (Wildman–Crippen MR) is 127 cm³/mol. The molecular formula is C24H17N5O4S. The number of nitro groups is 1. The molecule has 0 saturated carbocycles. The molecule has 0 bridgehead atoms. The van der Waals surface area contributed by atoms with Crippen LogP contribution < -0.4 is 5.56 Å². The second-order valence-electron chi connectivity index (χ2n) is 7.43. The van der Waals surface area contributed by atoms with Crippen molar-refractivity contribution >= 4 is 28.2 Å². The number of fused-ring (bicyclic) bond motifs is 1. The van der Waals surface area contributed by atoms with E-state index in [0.29, 0.717) is 34.0 Å². The molecule has 2 aromatic heterocycles. The van der Waals surface area contributed by atoms with Gasteiger partial charge in [-0.05, 0) is 17.2 Å². The molecule has 5 aromatic rings. The molecular weight excluding hydrogens is 454 g/mol. The summed E-state index contributed by atoms with van der Waals surface area (Å²) in [4.78, 5) is 23.6. The van der Waals surface area contributed by atoms with Crippen molar-refractivity contribution in [2.75, 3.05) is 0 Å². The molecule has 0 N–H and O–H groups in total. The Labute approximate surface area is 197 Å². The van der Waals surface area contributed by atoms with Crippen molar-refractivity contribution in [2.45, 2.75) is 17.5 Å². The fourth-order valence-electron chi connectivity index (χ4n) is 3.53. The fourth-order valence-corrected chi connectivity index (χ4v) is 4.23. The normalized spacial score (nSPS) is 11.1. The predicted octanol–water partition coefficient (Wildman–Crippen LogP) is 4.70. The summed E-state index contributed by atoms with van der Waals surface area (Å²) in [6.07, 6.45) is 0. The number of non-ortho nitro benzene ring substituents is 1. The Hall–Kier alpha value is -4.31. The van der Waals surface area contributed by atoms with Crippen LogP contribution >= 0.6 is 11.8 Å². The highest BCUT2D eigenvalue weighted by Gasteiger charge is 2.18. The van der Waals surface area contributed by atoms with Crippen molar-refractivity contribution < 1.29 is 9.34 Å². The average molecular weight is 471 g/mol. The second-order valence-corrected chi connectivity index (χ2v) is 8.36. The van der Waals surface area contributed by atoms with Gasteiger partial charge < -0.3 is 4.42 Å². The van der Waals surface area contributed by atoms with Crippen LogP contribution in [-0.4, -0.2) is 24.9 Å². The maximum absolute atomic E-state index is 13.0. The van der Waals surface area contributed by atoms with Crippen molar-refractivity contribution in [1.29, 1.82) is 0 Å². The molecule has 0 unspecified atom stereocenters. The molecule has 0 saturated heterocycles. The molecule has 3 aromatic carbocycles. The van der Waals surface area contributed by atoms with E-state index in [1.54, 1.807) is 30.3 Å². The Kier molecular flexibility index (Phi) is 5.88. The largest absolute Gasteiger partial charge is 0.409 e. The lowest BCUT2D eigenvalue weighted by atomic mass is 10.1. The topological polar surface area (TPSA) is 117 Å². The molecule has 34 heavy (non-hydrogen) atoms. The number of benzene rings is 3. The summed E-state index contributed by atoms with van der Waals surface area (Å²) in [5.41, 5.74) is 1.94.